The first-order chi connectivity index (χ1) is 8.02. The van der Waals surface area contributed by atoms with Gasteiger partial charge < -0.3 is 10.1 Å². The van der Waals surface area contributed by atoms with Crippen molar-refractivity contribution in [2.45, 2.75) is 59.2 Å². The summed E-state index contributed by atoms with van der Waals surface area (Å²) in [6, 6.07) is 9.30. The maximum absolute atomic E-state index is 5.63. The van der Waals surface area contributed by atoms with Crippen molar-refractivity contribution < 1.29 is 4.74 Å². The fourth-order valence-corrected chi connectivity index (χ4v) is 1.75. The van der Waals surface area contributed by atoms with Gasteiger partial charge in [0.2, 0.25) is 0 Å². The summed E-state index contributed by atoms with van der Waals surface area (Å²) in [4.78, 5) is 0. The molecule has 0 saturated carbocycles. The van der Waals surface area contributed by atoms with Crippen molar-refractivity contribution >= 4 is 0 Å². The summed E-state index contributed by atoms with van der Waals surface area (Å²) in [7, 11) is 0. The second-order valence-electron chi connectivity index (χ2n) is 4.93. The van der Waals surface area contributed by atoms with Gasteiger partial charge in [-0.25, -0.2) is 0 Å². The standard InChI is InChI=1S/C15H25NO/c1-6-12(4)16-13(5)14-7-9-15(10-8-14)17-11(2)3/h7-13,16H,6H2,1-5H3/t12-,13+/m0/s1. The number of hydrogen-bond donors (Lipinski definition) is 1. The molecule has 1 N–H and O–H groups in total. The van der Waals surface area contributed by atoms with Gasteiger partial charge >= 0.3 is 0 Å². The van der Waals surface area contributed by atoms with Crippen LogP contribution in [0.3, 0.4) is 0 Å². The highest BCUT2D eigenvalue weighted by Crippen LogP contribution is 2.19. The summed E-state index contributed by atoms with van der Waals surface area (Å²) in [6.07, 6.45) is 1.38. The Labute approximate surface area is 105 Å². The molecule has 17 heavy (non-hydrogen) atoms. The molecule has 0 unspecified atom stereocenters. The number of ether oxygens (including phenoxy) is 1. The molecule has 0 bridgehead atoms. The third-order valence-electron chi connectivity index (χ3n) is 2.90. The number of nitrogens with one attached hydrogen (secondary N) is 1. The molecule has 0 spiro atoms. The minimum Gasteiger partial charge on any atom is -0.491 e. The molecule has 1 aromatic carbocycles. The molecule has 2 nitrogen and oxygen atoms in total. The van der Waals surface area contributed by atoms with Crippen LogP contribution in [0.2, 0.25) is 0 Å². The Kier molecular flexibility index (Phi) is 5.49. The van der Waals surface area contributed by atoms with E-state index >= 15 is 0 Å². The molecule has 0 aromatic heterocycles. The van der Waals surface area contributed by atoms with Crippen LogP contribution in [0.1, 0.15) is 52.6 Å². The van der Waals surface area contributed by atoms with Crippen LogP contribution in [0, 0.1) is 0 Å². The molecule has 96 valence electrons. The van der Waals surface area contributed by atoms with E-state index in [1.807, 2.05) is 26.0 Å². The minimum atomic E-state index is 0.233. The fraction of sp³-hybridized carbons (Fsp3) is 0.600. The van der Waals surface area contributed by atoms with Gasteiger partial charge in [-0.3, -0.25) is 0 Å². The first-order valence-electron chi connectivity index (χ1n) is 6.55. The van der Waals surface area contributed by atoms with Gasteiger partial charge in [0.15, 0.2) is 0 Å². The Morgan fingerprint density at radius 2 is 1.65 bits per heavy atom. The first-order valence-corrected chi connectivity index (χ1v) is 6.55. The van der Waals surface area contributed by atoms with Crippen LogP contribution in [-0.2, 0) is 0 Å². The average molecular weight is 235 g/mol. The van der Waals surface area contributed by atoms with Crippen molar-refractivity contribution in [2.24, 2.45) is 0 Å². The molecule has 1 rings (SSSR count). The highest BCUT2D eigenvalue weighted by molar-refractivity contribution is 5.29. The third-order valence-corrected chi connectivity index (χ3v) is 2.90. The van der Waals surface area contributed by atoms with Crippen LogP contribution in [0.15, 0.2) is 24.3 Å². The van der Waals surface area contributed by atoms with Gasteiger partial charge in [0.1, 0.15) is 5.75 Å². The van der Waals surface area contributed by atoms with Crippen LogP contribution in [0.5, 0.6) is 5.75 Å². The first kappa shape index (κ1) is 14.0. The van der Waals surface area contributed by atoms with Crippen LogP contribution in [0.4, 0.5) is 0 Å². The van der Waals surface area contributed by atoms with Crippen molar-refractivity contribution in [2.75, 3.05) is 0 Å². The molecule has 0 aliphatic heterocycles. The summed E-state index contributed by atoms with van der Waals surface area (Å²) >= 11 is 0. The summed E-state index contributed by atoms with van der Waals surface area (Å²) in [5.74, 6) is 0.944. The van der Waals surface area contributed by atoms with Crippen LogP contribution >= 0.6 is 0 Å². The summed E-state index contributed by atoms with van der Waals surface area (Å²) in [5.41, 5.74) is 1.31. The topological polar surface area (TPSA) is 21.3 Å². The van der Waals surface area contributed by atoms with Gasteiger partial charge in [-0.05, 0) is 51.8 Å². The number of benzene rings is 1. The van der Waals surface area contributed by atoms with E-state index in [4.69, 9.17) is 4.74 Å². The molecule has 2 heteroatoms. The molecule has 0 radical (unpaired) electrons. The molecule has 2 atom stereocenters. The maximum atomic E-state index is 5.63. The predicted octanol–water partition coefficient (Wildman–Crippen LogP) is 3.92. The van der Waals surface area contributed by atoms with E-state index in [2.05, 4.69) is 38.2 Å². The Balaban J connectivity index is 2.60. The lowest BCUT2D eigenvalue weighted by Gasteiger charge is -2.19. The average Bonchev–Trinajstić information content (AvgIpc) is 2.28. The van der Waals surface area contributed by atoms with Crippen molar-refractivity contribution in [3.63, 3.8) is 0 Å². The molecule has 0 heterocycles. The lowest BCUT2D eigenvalue weighted by atomic mass is 10.1. The molecule has 0 aliphatic rings. The smallest absolute Gasteiger partial charge is 0.119 e. The number of hydrogen-bond acceptors (Lipinski definition) is 2. The molecule has 1 aromatic rings. The lowest BCUT2D eigenvalue weighted by Crippen LogP contribution is -2.28. The summed E-state index contributed by atoms with van der Waals surface area (Å²) in [6.45, 7) is 10.7. The van der Waals surface area contributed by atoms with E-state index in [1.165, 1.54) is 5.56 Å². The predicted molar refractivity (Wildman–Crippen MR) is 73.5 cm³/mol. The molecule has 0 aliphatic carbocycles. The highest BCUT2D eigenvalue weighted by Gasteiger charge is 2.08. The highest BCUT2D eigenvalue weighted by atomic mass is 16.5. The Morgan fingerprint density at radius 3 is 2.12 bits per heavy atom. The summed E-state index contributed by atoms with van der Waals surface area (Å²) < 4.78 is 5.63. The van der Waals surface area contributed by atoms with E-state index < -0.39 is 0 Å². The van der Waals surface area contributed by atoms with Crippen LogP contribution < -0.4 is 10.1 Å². The van der Waals surface area contributed by atoms with Gasteiger partial charge in [0, 0.05) is 12.1 Å². The fourth-order valence-electron chi connectivity index (χ4n) is 1.75. The summed E-state index contributed by atoms with van der Waals surface area (Å²) in [5, 5.41) is 3.57. The second kappa shape index (κ2) is 6.65. The van der Waals surface area contributed by atoms with Crippen molar-refractivity contribution in [3.8, 4) is 5.75 Å². The Bertz CT molecular complexity index is 318. The zero-order valence-electron chi connectivity index (χ0n) is 11.7. The molecule has 0 amide bonds. The molecule has 0 saturated heterocycles. The SMILES string of the molecule is CC[C@H](C)N[C@H](C)c1ccc(OC(C)C)cc1. The van der Waals surface area contributed by atoms with Crippen molar-refractivity contribution in [1.29, 1.82) is 0 Å². The zero-order chi connectivity index (χ0) is 12.8. The van der Waals surface area contributed by atoms with E-state index in [0.717, 1.165) is 12.2 Å². The van der Waals surface area contributed by atoms with Gasteiger partial charge in [-0.1, -0.05) is 19.1 Å². The van der Waals surface area contributed by atoms with Gasteiger partial charge in [0.25, 0.3) is 0 Å². The Morgan fingerprint density at radius 1 is 1.06 bits per heavy atom. The van der Waals surface area contributed by atoms with Crippen LogP contribution in [-0.4, -0.2) is 12.1 Å². The normalized spacial score (nSPS) is 14.7. The monoisotopic (exact) mass is 235 g/mol. The second-order valence-corrected chi connectivity index (χ2v) is 4.93. The molecular formula is C15H25NO. The lowest BCUT2D eigenvalue weighted by molar-refractivity contribution is 0.242. The molecular weight excluding hydrogens is 210 g/mol. The van der Waals surface area contributed by atoms with Crippen molar-refractivity contribution in [1.82, 2.24) is 5.32 Å². The molecule has 0 fully saturated rings. The Hall–Kier alpha value is -1.02. The van der Waals surface area contributed by atoms with Gasteiger partial charge in [-0.15, -0.1) is 0 Å². The van der Waals surface area contributed by atoms with Crippen LogP contribution in [0.25, 0.3) is 0 Å². The third kappa shape index (κ3) is 4.78. The maximum Gasteiger partial charge on any atom is 0.119 e. The van der Waals surface area contributed by atoms with E-state index in [-0.39, 0.29) is 6.10 Å². The number of rotatable bonds is 6. The van der Waals surface area contributed by atoms with E-state index in [9.17, 15) is 0 Å². The van der Waals surface area contributed by atoms with Crippen molar-refractivity contribution in [3.05, 3.63) is 29.8 Å². The largest absolute Gasteiger partial charge is 0.491 e. The van der Waals surface area contributed by atoms with Gasteiger partial charge in [0.05, 0.1) is 6.10 Å². The zero-order valence-corrected chi connectivity index (χ0v) is 11.7. The quantitative estimate of drug-likeness (QED) is 0.807. The van der Waals surface area contributed by atoms with E-state index in [0.29, 0.717) is 12.1 Å². The van der Waals surface area contributed by atoms with E-state index in [1.54, 1.807) is 0 Å². The van der Waals surface area contributed by atoms with Gasteiger partial charge in [-0.2, -0.15) is 0 Å². The minimum absolute atomic E-state index is 0.233.